The maximum atomic E-state index is 12.8. The molecular weight excluding hydrogens is 414 g/mol. The minimum Gasteiger partial charge on any atom is -0.478 e. The van der Waals surface area contributed by atoms with Gasteiger partial charge in [0.25, 0.3) is 11.8 Å². The van der Waals surface area contributed by atoms with Crippen LogP contribution in [0.15, 0.2) is 58.6 Å². The Morgan fingerprint density at radius 3 is 2.52 bits per heavy atom. The predicted molar refractivity (Wildman–Crippen MR) is 101 cm³/mol. The third-order valence-corrected chi connectivity index (χ3v) is 4.23. The fraction of sp³-hybridized carbons (Fsp3) is 0.0526. The summed E-state index contributed by atoms with van der Waals surface area (Å²) in [5, 5.41) is 10.8. The van der Waals surface area contributed by atoms with E-state index in [1.54, 1.807) is 48.5 Å². The number of nitrogens with zero attached hydrogens (tertiary/aromatic N) is 2. The zero-order chi connectivity index (χ0) is 19.4. The van der Waals surface area contributed by atoms with E-state index >= 15 is 0 Å². The molecule has 8 heteroatoms. The van der Waals surface area contributed by atoms with E-state index in [2.05, 4.69) is 21.2 Å². The van der Waals surface area contributed by atoms with Crippen molar-refractivity contribution in [3.63, 3.8) is 0 Å². The summed E-state index contributed by atoms with van der Waals surface area (Å²) in [6.45, 7) is -0.177. The van der Waals surface area contributed by atoms with Gasteiger partial charge in [-0.3, -0.25) is 14.9 Å². The van der Waals surface area contributed by atoms with Crippen molar-refractivity contribution < 1.29 is 19.1 Å². The molecule has 1 fully saturated rings. The minimum atomic E-state index is -0.821. The van der Waals surface area contributed by atoms with Crippen LogP contribution < -0.4 is 15.0 Å². The highest BCUT2D eigenvalue weighted by Crippen LogP contribution is 2.26. The summed E-state index contributed by atoms with van der Waals surface area (Å²) in [7, 11) is 0. The number of carbonyl (C=O) groups excluding carboxylic acids is 3. The van der Waals surface area contributed by atoms with Gasteiger partial charge >= 0.3 is 6.03 Å². The zero-order valence-electron chi connectivity index (χ0n) is 13.8. The number of para-hydroxylation sites is 1. The normalized spacial score (nSPS) is 15.5. The highest BCUT2D eigenvalue weighted by Gasteiger charge is 2.36. The van der Waals surface area contributed by atoms with Crippen LogP contribution >= 0.6 is 15.9 Å². The lowest BCUT2D eigenvalue weighted by Crippen LogP contribution is -2.54. The third kappa shape index (κ3) is 3.88. The largest absolute Gasteiger partial charge is 0.478 e. The number of ether oxygens (including phenoxy) is 1. The van der Waals surface area contributed by atoms with Crippen LogP contribution in [0.4, 0.5) is 10.5 Å². The van der Waals surface area contributed by atoms with E-state index in [0.717, 1.165) is 9.37 Å². The molecule has 0 spiro atoms. The number of barbiturate groups is 1. The Hall–Kier alpha value is -3.44. The number of hydrogen-bond donors (Lipinski definition) is 1. The first-order valence-electron chi connectivity index (χ1n) is 7.77. The Labute approximate surface area is 163 Å². The van der Waals surface area contributed by atoms with Crippen molar-refractivity contribution in [1.29, 1.82) is 5.26 Å². The lowest BCUT2D eigenvalue weighted by molar-refractivity contribution is -0.122. The maximum absolute atomic E-state index is 12.8. The number of urea groups is 1. The molecule has 1 N–H and O–H groups in total. The lowest BCUT2D eigenvalue weighted by Gasteiger charge is -2.26. The molecule has 1 heterocycles. The van der Waals surface area contributed by atoms with E-state index in [4.69, 9.17) is 10.00 Å². The van der Waals surface area contributed by atoms with Crippen LogP contribution in [0.3, 0.4) is 0 Å². The van der Waals surface area contributed by atoms with Gasteiger partial charge in [0.15, 0.2) is 6.61 Å². The molecule has 1 aliphatic rings. The van der Waals surface area contributed by atoms with Crippen LogP contribution in [-0.4, -0.2) is 24.5 Å². The average Bonchev–Trinajstić information content (AvgIpc) is 2.65. The smallest absolute Gasteiger partial charge is 0.335 e. The van der Waals surface area contributed by atoms with Gasteiger partial charge in [-0.1, -0.05) is 34.1 Å². The molecule has 0 bridgehead atoms. The second-order valence-corrected chi connectivity index (χ2v) is 6.33. The fourth-order valence-corrected chi connectivity index (χ4v) is 2.74. The van der Waals surface area contributed by atoms with Crippen molar-refractivity contribution in [3.8, 4) is 11.8 Å². The summed E-state index contributed by atoms with van der Waals surface area (Å²) >= 11 is 3.29. The molecule has 1 saturated heterocycles. The first-order valence-corrected chi connectivity index (χ1v) is 8.56. The molecular formula is C19H12BrN3O4. The Kier molecular flexibility index (Phi) is 5.33. The molecule has 0 atom stereocenters. The molecule has 134 valence electrons. The van der Waals surface area contributed by atoms with Gasteiger partial charge in [-0.15, -0.1) is 0 Å². The summed E-state index contributed by atoms with van der Waals surface area (Å²) in [5.74, 6) is -1.20. The number of anilines is 1. The van der Waals surface area contributed by atoms with Gasteiger partial charge < -0.3 is 4.74 Å². The van der Waals surface area contributed by atoms with E-state index in [1.165, 1.54) is 6.08 Å². The predicted octanol–water partition coefficient (Wildman–Crippen LogP) is 3.02. The van der Waals surface area contributed by atoms with Crippen molar-refractivity contribution in [1.82, 2.24) is 5.32 Å². The molecule has 0 aromatic heterocycles. The van der Waals surface area contributed by atoms with E-state index in [-0.39, 0.29) is 12.2 Å². The highest BCUT2D eigenvalue weighted by atomic mass is 79.9. The molecule has 2 aromatic carbocycles. The number of amides is 4. The van der Waals surface area contributed by atoms with Gasteiger partial charge in [-0.25, -0.2) is 9.69 Å². The molecule has 0 radical (unpaired) electrons. The van der Waals surface area contributed by atoms with E-state index in [9.17, 15) is 14.4 Å². The highest BCUT2D eigenvalue weighted by molar-refractivity contribution is 9.10. The lowest BCUT2D eigenvalue weighted by atomic mass is 10.1. The third-order valence-electron chi connectivity index (χ3n) is 3.70. The molecule has 0 unspecified atom stereocenters. The average molecular weight is 426 g/mol. The molecule has 27 heavy (non-hydrogen) atoms. The monoisotopic (exact) mass is 425 g/mol. The van der Waals surface area contributed by atoms with Crippen LogP contribution in [0.5, 0.6) is 5.75 Å². The van der Waals surface area contributed by atoms with E-state index in [0.29, 0.717) is 17.0 Å². The van der Waals surface area contributed by atoms with Gasteiger partial charge in [-0.2, -0.15) is 5.26 Å². The summed E-state index contributed by atoms with van der Waals surface area (Å²) in [6, 6.07) is 14.2. The number of imide groups is 2. The quantitative estimate of drug-likeness (QED) is 0.599. The number of nitrogens with one attached hydrogen (secondary N) is 1. The van der Waals surface area contributed by atoms with Crippen LogP contribution in [0.2, 0.25) is 0 Å². The van der Waals surface area contributed by atoms with Gasteiger partial charge in [0.05, 0.1) is 5.69 Å². The Morgan fingerprint density at radius 1 is 1.11 bits per heavy atom. The molecule has 4 amide bonds. The van der Waals surface area contributed by atoms with Gasteiger partial charge in [0.1, 0.15) is 17.4 Å². The van der Waals surface area contributed by atoms with Crippen molar-refractivity contribution in [2.24, 2.45) is 0 Å². The molecule has 7 nitrogen and oxygen atoms in total. The van der Waals surface area contributed by atoms with E-state index < -0.39 is 17.8 Å². The molecule has 0 aliphatic carbocycles. The first kappa shape index (κ1) is 18.4. The summed E-state index contributed by atoms with van der Waals surface area (Å²) < 4.78 is 6.09. The Balaban J connectivity index is 2.00. The number of rotatable bonds is 4. The number of hydrogen-bond acceptors (Lipinski definition) is 5. The van der Waals surface area contributed by atoms with Crippen LogP contribution in [0, 0.1) is 11.3 Å². The van der Waals surface area contributed by atoms with Crippen LogP contribution in [-0.2, 0) is 9.59 Å². The van der Waals surface area contributed by atoms with Crippen LogP contribution in [0.1, 0.15) is 5.56 Å². The fourth-order valence-electron chi connectivity index (χ4n) is 2.48. The second-order valence-electron chi connectivity index (χ2n) is 5.42. The van der Waals surface area contributed by atoms with Crippen molar-refractivity contribution in [2.75, 3.05) is 11.5 Å². The standard InChI is InChI=1S/C19H12BrN3O4/c20-13-5-7-14(8-6-13)23-18(25)15(17(24)22-19(23)26)11-12-3-1-2-4-16(12)27-10-9-21/h1-8,11H,10H2,(H,22,24,26)/b15-11+. The number of halogens is 1. The number of carbonyl (C=O) groups is 3. The summed E-state index contributed by atoms with van der Waals surface area (Å²) in [5.41, 5.74) is 0.551. The molecule has 2 aromatic rings. The van der Waals surface area contributed by atoms with Crippen molar-refractivity contribution >= 4 is 45.5 Å². The summed E-state index contributed by atoms with van der Waals surface area (Å²) in [6.07, 6.45) is 1.34. The number of nitriles is 1. The first-order chi connectivity index (χ1) is 13.0. The Morgan fingerprint density at radius 2 is 1.81 bits per heavy atom. The van der Waals surface area contributed by atoms with Gasteiger partial charge in [0, 0.05) is 10.0 Å². The minimum absolute atomic E-state index is 0.177. The second kappa shape index (κ2) is 7.85. The van der Waals surface area contributed by atoms with Crippen molar-refractivity contribution in [3.05, 3.63) is 64.1 Å². The van der Waals surface area contributed by atoms with Gasteiger partial charge in [-0.05, 0) is 36.4 Å². The molecule has 3 rings (SSSR count). The Bertz CT molecular complexity index is 993. The molecule has 1 aliphatic heterocycles. The van der Waals surface area contributed by atoms with Crippen molar-refractivity contribution in [2.45, 2.75) is 0 Å². The zero-order valence-corrected chi connectivity index (χ0v) is 15.4. The summed E-state index contributed by atoms with van der Waals surface area (Å²) in [4.78, 5) is 38.1. The topological polar surface area (TPSA) is 99.5 Å². The van der Waals surface area contributed by atoms with Crippen LogP contribution in [0.25, 0.3) is 6.08 Å². The molecule has 0 saturated carbocycles. The van der Waals surface area contributed by atoms with E-state index in [1.807, 2.05) is 6.07 Å². The van der Waals surface area contributed by atoms with Gasteiger partial charge in [0.2, 0.25) is 0 Å². The maximum Gasteiger partial charge on any atom is 0.335 e. The number of benzene rings is 2. The SMILES string of the molecule is N#CCOc1ccccc1/C=C1\C(=O)NC(=O)N(c2ccc(Br)cc2)C1=O.